The molecule has 1 heterocycles. The number of fused-ring (bicyclic) bond motifs is 1. The quantitative estimate of drug-likeness (QED) is 0.487. The molecular weight excluding hydrogens is 320 g/mol. The highest BCUT2D eigenvalue weighted by atomic mass is 16.3. The highest BCUT2D eigenvalue weighted by molar-refractivity contribution is 5.85. The average molecular weight is 336 g/mol. The van der Waals surface area contributed by atoms with E-state index in [0.717, 1.165) is 0 Å². The van der Waals surface area contributed by atoms with Crippen LogP contribution in [0.5, 0.6) is 5.75 Å². The van der Waals surface area contributed by atoms with Crippen LogP contribution in [0, 0.1) is 0 Å². The first kappa shape index (κ1) is 16.4. The van der Waals surface area contributed by atoms with Crippen LogP contribution in [0.4, 0.5) is 0 Å². The molecule has 0 aliphatic heterocycles. The number of carbonyl (C=O) groups excluding carboxylic acids is 1. The lowest BCUT2D eigenvalue weighted by atomic mass is 10.2. The Morgan fingerprint density at radius 1 is 1.20 bits per heavy atom. The second-order valence-corrected chi connectivity index (χ2v) is 5.38. The van der Waals surface area contributed by atoms with Crippen molar-refractivity contribution in [1.82, 2.24) is 15.4 Å². The van der Waals surface area contributed by atoms with E-state index in [-0.39, 0.29) is 30.1 Å². The molecule has 3 N–H and O–H groups in total. The van der Waals surface area contributed by atoms with Crippen molar-refractivity contribution in [1.29, 1.82) is 0 Å². The number of amides is 1. The molecule has 3 aromatic rings. The minimum absolute atomic E-state index is 0.0759. The van der Waals surface area contributed by atoms with Crippen molar-refractivity contribution in [3.05, 3.63) is 70.1 Å². The van der Waals surface area contributed by atoms with Crippen LogP contribution in [0.15, 0.2) is 58.4 Å². The maximum absolute atomic E-state index is 12.0. The van der Waals surface area contributed by atoms with Crippen LogP contribution >= 0.6 is 0 Å². The van der Waals surface area contributed by atoms with Crippen molar-refractivity contribution in [3.8, 4) is 5.75 Å². The number of benzene rings is 2. The lowest BCUT2D eigenvalue weighted by molar-refractivity contribution is -0.121. The third-order valence-corrected chi connectivity index (χ3v) is 3.59. The molecule has 0 saturated carbocycles. The number of nitrogens with zero attached hydrogens (tertiary/aromatic N) is 2. The van der Waals surface area contributed by atoms with Gasteiger partial charge in [-0.15, -0.1) is 0 Å². The molecule has 7 heteroatoms. The van der Waals surface area contributed by atoms with Crippen molar-refractivity contribution in [2.75, 3.05) is 0 Å². The molecule has 0 atom stereocenters. The summed E-state index contributed by atoms with van der Waals surface area (Å²) in [7, 11) is 0. The number of nitrogens with one attached hydrogen (secondary N) is 2. The van der Waals surface area contributed by atoms with Crippen LogP contribution in [0.3, 0.4) is 0 Å². The van der Waals surface area contributed by atoms with E-state index in [2.05, 4.69) is 20.5 Å². The Kier molecular flexibility index (Phi) is 4.84. The Hall–Kier alpha value is -3.48. The van der Waals surface area contributed by atoms with Gasteiger partial charge in [-0.2, -0.15) is 5.10 Å². The lowest BCUT2D eigenvalue weighted by Crippen LogP contribution is -2.21. The van der Waals surface area contributed by atoms with Gasteiger partial charge in [0, 0.05) is 18.4 Å². The standard InChI is InChI=1S/C18H16N4O3/c23-16-8-4-1-5-12(16)11-19-22-17(24)10-9-15-18(25)21-14-7-3-2-6-13(14)20-15/h1-8,11,23H,9-10H2,(H,21,25)(H,22,24)/b19-11-. The van der Waals surface area contributed by atoms with E-state index in [0.29, 0.717) is 22.3 Å². The largest absolute Gasteiger partial charge is 0.507 e. The van der Waals surface area contributed by atoms with E-state index in [1.54, 1.807) is 30.3 Å². The highest BCUT2D eigenvalue weighted by Crippen LogP contribution is 2.12. The second-order valence-electron chi connectivity index (χ2n) is 5.38. The van der Waals surface area contributed by atoms with Crippen LogP contribution in [0.25, 0.3) is 11.0 Å². The van der Waals surface area contributed by atoms with E-state index < -0.39 is 0 Å². The number of aromatic amines is 1. The molecule has 0 fully saturated rings. The van der Waals surface area contributed by atoms with Crippen LogP contribution in [0.1, 0.15) is 17.7 Å². The summed E-state index contributed by atoms with van der Waals surface area (Å²) in [6.07, 6.45) is 1.64. The molecule has 0 aliphatic carbocycles. The molecule has 2 aromatic carbocycles. The summed E-state index contributed by atoms with van der Waals surface area (Å²) in [6.45, 7) is 0. The maximum atomic E-state index is 12.0. The SMILES string of the molecule is O=C(CCc1nc2ccccc2[nH]c1=O)N/N=C\c1ccccc1O. The van der Waals surface area contributed by atoms with Crippen LogP contribution in [0.2, 0.25) is 0 Å². The van der Waals surface area contributed by atoms with Gasteiger partial charge < -0.3 is 10.1 Å². The van der Waals surface area contributed by atoms with Crippen molar-refractivity contribution >= 4 is 23.2 Å². The van der Waals surface area contributed by atoms with Gasteiger partial charge >= 0.3 is 0 Å². The number of rotatable bonds is 5. The summed E-state index contributed by atoms with van der Waals surface area (Å²) in [5.41, 5.74) is 4.20. The van der Waals surface area contributed by atoms with E-state index in [1.807, 2.05) is 12.1 Å². The summed E-state index contributed by atoms with van der Waals surface area (Å²) < 4.78 is 0. The first-order chi connectivity index (χ1) is 12.1. The van der Waals surface area contributed by atoms with E-state index in [9.17, 15) is 14.7 Å². The average Bonchev–Trinajstić information content (AvgIpc) is 2.61. The topological polar surface area (TPSA) is 107 Å². The van der Waals surface area contributed by atoms with Gasteiger partial charge in [0.25, 0.3) is 5.56 Å². The van der Waals surface area contributed by atoms with Gasteiger partial charge in [0.1, 0.15) is 11.4 Å². The molecule has 0 aliphatic rings. The van der Waals surface area contributed by atoms with Gasteiger partial charge in [0.2, 0.25) is 5.91 Å². The first-order valence-corrected chi connectivity index (χ1v) is 7.71. The van der Waals surface area contributed by atoms with Crippen molar-refractivity contribution in [2.24, 2.45) is 5.10 Å². The Morgan fingerprint density at radius 3 is 2.80 bits per heavy atom. The molecule has 0 bridgehead atoms. The Morgan fingerprint density at radius 2 is 1.96 bits per heavy atom. The van der Waals surface area contributed by atoms with Gasteiger partial charge in [-0.1, -0.05) is 24.3 Å². The van der Waals surface area contributed by atoms with Crippen molar-refractivity contribution in [2.45, 2.75) is 12.8 Å². The normalized spacial score (nSPS) is 11.0. The number of phenols is 1. The summed E-state index contributed by atoms with van der Waals surface area (Å²) in [6, 6.07) is 13.9. The fourth-order valence-corrected chi connectivity index (χ4v) is 2.30. The highest BCUT2D eigenvalue weighted by Gasteiger charge is 2.07. The molecule has 7 nitrogen and oxygen atoms in total. The molecule has 126 valence electrons. The number of aromatic hydroxyl groups is 1. The Bertz CT molecular complexity index is 995. The first-order valence-electron chi connectivity index (χ1n) is 7.71. The van der Waals surface area contributed by atoms with E-state index >= 15 is 0 Å². The summed E-state index contributed by atoms with van der Waals surface area (Å²) in [4.78, 5) is 30.9. The van der Waals surface area contributed by atoms with Crippen LogP contribution in [-0.4, -0.2) is 27.2 Å². The molecular formula is C18H16N4O3. The number of carbonyl (C=O) groups is 1. The monoisotopic (exact) mass is 336 g/mol. The maximum Gasteiger partial charge on any atom is 0.270 e. The fraction of sp³-hybridized carbons (Fsp3) is 0.111. The minimum atomic E-state index is -0.346. The van der Waals surface area contributed by atoms with Crippen LogP contribution in [-0.2, 0) is 11.2 Å². The molecule has 0 spiro atoms. The number of hydrazone groups is 1. The number of para-hydroxylation sites is 3. The zero-order valence-corrected chi connectivity index (χ0v) is 13.3. The number of H-pyrrole nitrogens is 1. The number of aryl methyl sites for hydroxylation is 1. The van der Waals surface area contributed by atoms with Gasteiger partial charge in [0.15, 0.2) is 0 Å². The van der Waals surface area contributed by atoms with Gasteiger partial charge in [-0.25, -0.2) is 10.4 Å². The number of hydrogen-bond donors (Lipinski definition) is 3. The summed E-state index contributed by atoms with van der Waals surface area (Å²) >= 11 is 0. The van der Waals surface area contributed by atoms with Crippen molar-refractivity contribution in [3.63, 3.8) is 0 Å². The molecule has 25 heavy (non-hydrogen) atoms. The molecule has 0 saturated heterocycles. The fourth-order valence-electron chi connectivity index (χ4n) is 2.30. The molecule has 0 unspecified atom stereocenters. The van der Waals surface area contributed by atoms with Crippen molar-refractivity contribution < 1.29 is 9.90 Å². The van der Waals surface area contributed by atoms with Gasteiger partial charge in [-0.3, -0.25) is 9.59 Å². The van der Waals surface area contributed by atoms with Crippen LogP contribution < -0.4 is 11.0 Å². The zero-order chi connectivity index (χ0) is 17.6. The molecule has 1 aromatic heterocycles. The zero-order valence-electron chi connectivity index (χ0n) is 13.3. The lowest BCUT2D eigenvalue weighted by Gasteiger charge is -2.02. The third-order valence-electron chi connectivity index (χ3n) is 3.59. The van der Waals surface area contributed by atoms with Gasteiger partial charge in [0.05, 0.1) is 17.2 Å². The third kappa shape index (κ3) is 4.08. The predicted octanol–water partition coefficient (Wildman–Crippen LogP) is 1.71. The number of aromatic nitrogens is 2. The summed E-state index contributed by atoms with van der Waals surface area (Å²) in [5.74, 6) is -0.270. The number of phenolic OH excluding ortho intramolecular Hbond substituents is 1. The Labute approximate surface area is 143 Å². The molecule has 1 amide bonds. The second kappa shape index (κ2) is 7.39. The molecule has 0 radical (unpaired) electrons. The number of hydrogen-bond acceptors (Lipinski definition) is 5. The molecule has 3 rings (SSSR count). The van der Waals surface area contributed by atoms with E-state index in [4.69, 9.17) is 0 Å². The summed E-state index contributed by atoms with van der Waals surface area (Å²) in [5, 5.41) is 13.4. The smallest absolute Gasteiger partial charge is 0.270 e. The minimum Gasteiger partial charge on any atom is -0.507 e. The van der Waals surface area contributed by atoms with E-state index in [1.165, 1.54) is 12.3 Å². The predicted molar refractivity (Wildman–Crippen MR) is 94.5 cm³/mol. The van der Waals surface area contributed by atoms with Gasteiger partial charge in [-0.05, 0) is 24.3 Å². The Balaban J connectivity index is 1.60.